The summed E-state index contributed by atoms with van der Waals surface area (Å²) in [4.78, 5) is 13.5. The number of nitrogens with two attached hydrogens (primary N) is 1. The van der Waals surface area contributed by atoms with Gasteiger partial charge in [0.15, 0.2) is 0 Å². The minimum absolute atomic E-state index is 0.151. The molecule has 0 heterocycles. The molecule has 1 aromatic carbocycles. The van der Waals surface area contributed by atoms with Crippen LogP contribution in [0.5, 0.6) is 0 Å². The third kappa shape index (κ3) is 3.98. The Balaban J connectivity index is 2.66. The highest BCUT2D eigenvalue weighted by Crippen LogP contribution is 2.22. The number of hydrogen-bond donors (Lipinski definition) is 2. The van der Waals surface area contributed by atoms with Gasteiger partial charge >= 0.3 is 0 Å². The van der Waals surface area contributed by atoms with E-state index >= 15 is 0 Å². The van der Waals surface area contributed by atoms with E-state index in [0.29, 0.717) is 6.54 Å². The second kappa shape index (κ2) is 6.73. The number of nitrogens with one attached hydrogen (secondary N) is 1. The SMILES string of the molecule is CC(CN(C)C(C)c1cccc(Cl)c1)C(=O)NN. The molecule has 0 aliphatic heterocycles. The number of amides is 1. The lowest BCUT2D eigenvalue weighted by Crippen LogP contribution is -2.40. The van der Waals surface area contributed by atoms with E-state index in [1.54, 1.807) is 0 Å². The molecule has 1 aromatic rings. The third-order valence-electron chi connectivity index (χ3n) is 3.14. The van der Waals surface area contributed by atoms with Crippen LogP contribution < -0.4 is 11.3 Å². The molecular formula is C13H20ClN3O. The van der Waals surface area contributed by atoms with Crippen LogP contribution in [0.4, 0.5) is 0 Å². The van der Waals surface area contributed by atoms with E-state index in [-0.39, 0.29) is 17.9 Å². The van der Waals surface area contributed by atoms with Crippen molar-refractivity contribution in [2.45, 2.75) is 19.9 Å². The molecule has 4 nitrogen and oxygen atoms in total. The molecule has 2 atom stereocenters. The lowest BCUT2D eigenvalue weighted by molar-refractivity contribution is -0.125. The second-order valence-corrected chi connectivity index (χ2v) is 5.02. The first-order chi connectivity index (χ1) is 8.45. The van der Waals surface area contributed by atoms with Crippen molar-refractivity contribution >= 4 is 17.5 Å². The minimum Gasteiger partial charge on any atom is -0.299 e. The smallest absolute Gasteiger partial charge is 0.237 e. The van der Waals surface area contributed by atoms with Gasteiger partial charge in [-0.1, -0.05) is 30.7 Å². The van der Waals surface area contributed by atoms with Crippen LogP contribution in [0.1, 0.15) is 25.5 Å². The number of halogens is 1. The second-order valence-electron chi connectivity index (χ2n) is 4.58. The number of benzene rings is 1. The first kappa shape index (κ1) is 15.0. The highest BCUT2D eigenvalue weighted by molar-refractivity contribution is 6.30. The molecule has 100 valence electrons. The summed E-state index contributed by atoms with van der Waals surface area (Å²) >= 11 is 5.97. The first-order valence-corrected chi connectivity index (χ1v) is 6.29. The summed E-state index contributed by atoms with van der Waals surface area (Å²) in [6.07, 6.45) is 0. The molecule has 0 aliphatic carbocycles. The van der Waals surface area contributed by atoms with E-state index in [0.717, 1.165) is 10.6 Å². The summed E-state index contributed by atoms with van der Waals surface area (Å²) in [5, 5.41) is 0.723. The standard InChI is InChI=1S/C13H20ClN3O/c1-9(13(18)16-15)8-17(3)10(2)11-5-4-6-12(14)7-11/h4-7,9-10H,8,15H2,1-3H3,(H,16,18). The van der Waals surface area contributed by atoms with Crippen molar-refractivity contribution in [2.24, 2.45) is 11.8 Å². The third-order valence-corrected chi connectivity index (χ3v) is 3.38. The van der Waals surface area contributed by atoms with Gasteiger partial charge in [-0.3, -0.25) is 15.1 Å². The maximum atomic E-state index is 11.4. The maximum Gasteiger partial charge on any atom is 0.237 e. The van der Waals surface area contributed by atoms with Gasteiger partial charge < -0.3 is 0 Å². The average molecular weight is 270 g/mol. The Kier molecular flexibility index (Phi) is 5.59. The average Bonchev–Trinajstić information content (AvgIpc) is 2.36. The minimum atomic E-state index is -0.153. The Morgan fingerprint density at radius 1 is 1.50 bits per heavy atom. The van der Waals surface area contributed by atoms with Crippen LogP contribution in [0.3, 0.4) is 0 Å². The summed E-state index contributed by atoms with van der Waals surface area (Å²) in [5.74, 6) is 4.82. The topological polar surface area (TPSA) is 58.4 Å². The zero-order valence-corrected chi connectivity index (χ0v) is 11.7. The molecule has 1 rings (SSSR count). The number of nitrogens with zero attached hydrogens (tertiary/aromatic N) is 1. The lowest BCUT2D eigenvalue weighted by Gasteiger charge is -2.27. The van der Waals surface area contributed by atoms with E-state index in [4.69, 9.17) is 17.4 Å². The Morgan fingerprint density at radius 2 is 2.17 bits per heavy atom. The van der Waals surface area contributed by atoms with Crippen LogP contribution in [0.15, 0.2) is 24.3 Å². The van der Waals surface area contributed by atoms with Crippen LogP contribution in [-0.4, -0.2) is 24.4 Å². The number of hydrazine groups is 1. The van der Waals surface area contributed by atoms with E-state index in [9.17, 15) is 4.79 Å². The molecule has 3 N–H and O–H groups in total. The zero-order chi connectivity index (χ0) is 13.7. The molecule has 2 unspecified atom stereocenters. The zero-order valence-electron chi connectivity index (χ0n) is 11.0. The molecule has 0 bridgehead atoms. The van der Waals surface area contributed by atoms with Gasteiger partial charge in [0, 0.05) is 23.5 Å². The predicted molar refractivity (Wildman–Crippen MR) is 74.0 cm³/mol. The molecule has 0 radical (unpaired) electrons. The predicted octanol–water partition coefficient (Wildman–Crippen LogP) is 1.96. The van der Waals surface area contributed by atoms with Crippen molar-refractivity contribution in [2.75, 3.05) is 13.6 Å². The van der Waals surface area contributed by atoms with Crippen molar-refractivity contribution in [1.82, 2.24) is 10.3 Å². The molecule has 1 amide bonds. The van der Waals surface area contributed by atoms with Crippen LogP contribution in [0.25, 0.3) is 0 Å². The molecule has 5 heteroatoms. The van der Waals surface area contributed by atoms with Gasteiger partial charge in [0.2, 0.25) is 5.91 Å². The van der Waals surface area contributed by atoms with Gasteiger partial charge in [-0.25, -0.2) is 5.84 Å². The normalized spacial score (nSPS) is 14.3. The van der Waals surface area contributed by atoms with E-state index < -0.39 is 0 Å². The number of carbonyl (C=O) groups is 1. The van der Waals surface area contributed by atoms with Gasteiger partial charge in [-0.15, -0.1) is 0 Å². The first-order valence-electron chi connectivity index (χ1n) is 5.92. The van der Waals surface area contributed by atoms with Crippen LogP contribution >= 0.6 is 11.6 Å². The van der Waals surface area contributed by atoms with Crippen LogP contribution in [-0.2, 0) is 4.79 Å². The summed E-state index contributed by atoms with van der Waals surface area (Å²) in [7, 11) is 1.98. The van der Waals surface area contributed by atoms with Crippen molar-refractivity contribution in [3.05, 3.63) is 34.9 Å². The molecular weight excluding hydrogens is 250 g/mol. The fraction of sp³-hybridized carbons (Fsp3) is 0.462. The fourth-order valence-corrected chi connectivity index (χ4v) is 2.03. The summed E-state index contributed by atoms with van der Waals surface area (Å²) < 4.78 is 0. The largest absolute Gasteiger partial charge is 0.299 e. The Hall–Kier alpha value is -1.10. The van der Waals surface area contributed by atoms with Gasteiger partial charge in [0.25, 0.3) is 0 Å². The van der Waals surface area contributed by atoms with E-state index in [1.807, 2.05) is 38.2 Å². The van der Waals surface area contributed by atoms with Gasteiger partial charge in [-0.05, 0) is 31.7 Å². The van der Waals surface area contributed by atoms with Crippen LogP contribution in [0.2, 0.25) is 5.02 Å². The summed E-state index contributed by atoms with van der Waals surface area (Å²) in [6.45, 7) is 4.57. The maximum absolute atomic E-state index is 11.4. The number of hydrogen-bond acceptors (Lipinski definition) is 3. The highest BCUT2D eigenvalue weighted by Gasteiger charge is 2.18. The van der Waals surface area contributed by atoms with Gasteiger partial charge in [0.1, 0.15) is 0 Å². The Labute approximate surface area is 113 Å². The monoisotopic (exact) mass is 269 g/mol. The molecule has 0 spiro atoms. The number of rotatable bonds is 5. The molecule has 0 saturated carbocycles. The molecule has 0 aliphatic rings. The molecule has 18 heavy (non-hydrogen) atoms. The highest BCUT2D eigenvalue weighted by atomic mass is 35.5. The van der Waals surface area contributed by atoms with E-state index in [1.165, 1.54) is 0 Å². The van der Waals surface area contributed by atoms with Crippen molar-refractivity contribution in [3.8, 4) is 0 Å². The van der Waals surface area contributed by atoms with Crippen LogP contribution in [0, 0.1) is 5.92 Å². The molecule has 0 saturated heterocycles. The molecule has 0 fully saturated rings. The fourth-order valence-electron chi connectivity index (χ4n) is 1.84. The lowest BCUT2D eigenvalue weighted by atomic mass is 10.1. The summed E-state index contributed by atoms with van der Waals surface area (Å²) in [5.41, 5.74) is 3.30. The summed E-state index contributed by atoms with van der Waals surface area (Å²) in [6, 6.07) is 7.94. The van der Waals surface area contributed by atoms with E-state index in [2.05, 4.69) is 17.2 Å². The quantitative estimate of drug-likeness (QED) is 0.488. The van der Waals surface area contributed by atoms with Crippen molar-refractivity contribution < 1.29 is 4.79 Å². The van der Waals surface area contributed by atoms with Crippen molar-refractivity contribution in [3.63, 3.8) is 0 Å². The van der Waals surface area contributed by atoms with Gasteiger partial charge in [0.05, 0.1) is 0 Å². The Morgan fingerprint density at radius 3 is 2.72 bits per heavy atom. The molecule has 0 aromatic heterocycles. The Bertz CT molecular complexity index is 411. The van der Waals surface area contributed by atoms with Crippen molar-refractivity contribution in [1.29, 1.82) is 0 Å². The van der Waals surface area contributed by atoms with Gasteiger partial charge in [-0.2, -0.15) is 0 Å². The number of carbonyl (C=O) groups excluding carboxylic acids is 1.